The van der Waals surface area contributed by atoms with E-state index in [1.807, 2.05) is 0 Å². The van der Waals surface area contributed by atoms with Crippen molar-refractivity contribution in [3.8, 4) is 5.75 Å². The Hall–Kier alpha value is -1.02. The number of halogens is 1. The van der Waals surface area contributed by atoms with E-state index in [9.17, 15) is 9.90 Å². The number of hydrogen-bond donors (Lipinski definition) is 1. The van der Waals surface area contributed by atoms with Gasteiger partial charge in [0, 0.05) is 11.4 Å². The van der Waals surface area contributed by atoms with E-state index in [2.05, 4.69) is 0 Å². The molecule has 0 bridgehead atoms. The fourth-order valence-corrected chi connectivity index (χ4v) is 1.97. The monoisotopic (exact) mass is 196 g/mol. The summed E-state index contributed by atoms with van der Waals surface area (Å²) in [5.41, 5.74) is 1.23. The summed E-state index contributed by atoms with van der Waals surface area (Å²) in [7, 11) is 0. The molecule has 2 nitrogen and oxygen atoms in total. The minimum absolute atomic E-state index is 0.00116. The average molecular weight is 197 g/mol. The number of carbonyl (C=O) groups is 1. The molecule has 3 heteroatoms. The Morgan fingerprint density at radius 3 is 2.77 bits per heavy atom. The van der Waals surface area contributed by atoms with Crippen LogP contribution in [0.15, 0.2) is 12.1 Å². The van der Waals surface area contributed by atoms with Crippen molar-refractivity contribution in [1.29, 1.82) is 0 Å². The number of phenols is 1. The van der Waals surface area contributed by atoms with Crippen molar-refractivity contribution in [1.82, 2.24) is 0 Å². The molecule has 0 saturated heterocycles. The normalized spacial score (nSPS) is 15.6. The second-order valence-electron chi connectivity index (χ2n) is 3.20. The molecule has 0 unspecified atom stereocenters. The van der Waals surface area contributed by atoms with Gasteiger partial charge >= 0.3 is 0 Å². The van der Waals surface area contributed by atoms with Crippen molar-refractivity contribution in [3.05, 3.63) is 28.3 Å². The van der Waals surface area contributed by atoms with Gasteiger partial charge in [-0.2, -0.15) is 0 Å². The van der Waals surface area contributed by atoms with Crippen LogP contribution in [0, 0.1) is 0 Å². The van der Waals surface area contributed by atoms with Crippen molar-refractivity contribution < 1.29 is 9.90 Å². The molecule has 0 saturated carbocycles. The number of hydrogen-bond acceptors (Lipinski definition) is 2. The van der Waals surface area contributed by atoms with Gasteiger partial charge in [-0.15, -0.1) is 0 Å². The Kier molecular flexibility index (Phi) is 2.00. The summed E-state index contributed by atoms with van der Waals surface area (Å²) in [4.78, 5) is 11.4. The van der Waals surface area contributed by atoms with E-state index in [0.717, 1.165) is 18.4 Å². The lowest BCUT2D eigenvalue weighted by Crippen LogP contribution is -2.11. The summed E-state index contributed by atoms with van der Waals surface area (Å²) >= 11 is 5.92. The highest BCUT2D eigenvalue weighted by atomic mass is 35.5. The van der Waals surface area contributed by atoms with Crippen LogP contribution in [0.4, 0.5) is 0 Å². The Morgan fingerprint density at radius 2 is 2.08 bits per heavy atom. The lowest BCUT2D eigenvalue weighted by atomic mass is 9.90. The Bertz CT molecular complexity index is 371. The van der Waals surface area contributed by atoms with Crippen LogP contribution < -0.4 is 0 Å². The van der Waals surface area contributed by atoms with Gasteiger partial charge in [0.1, 0.15) is 5.75 Å². The molecule has 0 spiro atoms. The number of aromatic hydroxyl groups is 1. The molecule has 0 amide bonds. The fraction of sp³-hybridized carbons (Fsp3) is 0.300. The van der Waals surface area contributed by atoms with Crippen LogP contribution >= 0.6 is 11.6 Å². The highest BCUT2D eigenvalue weighted by molar-refractivity contribution is 6.32. The molecular formula is C10H9ClO2. The smallest absolute Gasteiger partial charge is 0.166 e. The topological polar surface area (TPSA) is 37.3 Å². The van der Waals surface area contributed by atoms with Gasteiger partial charge in [0.15, 0.2) is 5.78 Å². The molecule has 0 atom stereocenters. The molecule has 1 aliphatic rings. The first-order valence-corrected chi connectivity index (χ1v) is 4.61. The minimum Gasteiger partial charge on any atom is -0.507 e. The van der Waals surface area contributed by atoms with Crippen LogP contribution in [-0.2, 0) is 6.42 Å². The summed E-state index contributed by atoms with van der Waals surface area (Å²) < 4.78 is 0. The number of rotatable bonds is 0. The molecule has 0 heterocycles. The first-order chi connectivity index (χ1) is 6.20. The van der Waals surface area contributed by atoms with Gasteiger partial charge < -0.3 is 5.11 Å². The summed E-state index contributed by atoms with van der Waals surface area (Å²) in [6.07, 6.45) is 2.13. The fourth-order valence-electron chi connectivity index (χ4n) is 1.72. The Balaban J connectivity index is 2.67. The van der Waals surface area contributed by atoms with E-state index >= 15 is 0 Å². The van der Waals surface area contributed by atoms with Crippen LogP contribution in [0.25, 0.3) is 0 Å². The molecule has 13 heavy (non-hydrogen) atoms. The summed E-state index contributed by atoms with van der Waals surface area (Å²) in [6.45, 7) is 0. The highest BCUT2D eigenvalue weighted by Crippen LogP contribution is 2.33. The summed E-state index contributed by atoms with van der Waals surface area (Å²) in [6, 6.07) is 3.11. The van der Waals surface area contributed by atoms with Gasteiger partial charge in [-0.3, -0.25) is 4.79 Å². The van der Waals surface area contributed by atoms with Gasteiger partial charge in [-0.25, -0.2) is 0 Å². The molecule has 0 aliphatic heterocycles. The van der Waals surface area contributed by atoms with Crippen molar-refractivity contribution >= 4 is 17.4 Å². The minimum atomic E-state index is 0.00116. The van der Waals surface area contributed by atoms with E-state index in [-0.39, 0.29) is 11.5 Å². The highest BCUT2D eigenvalue weighted by Gasteiger charge is 2.22. The number of carbonyl (C=O) groups excluding carboxylic acids is 1. The molecule has 0 aromatic heterocycles. The molecule has 2 rings (SSSR count). The van der Waals surface area contributed by atoms with Crippen LogP contribution in [0.3, 0.4) is 0 Å². The van der Waals surface area contributed by atoms with Gasteiger partial charge in [-0.05, 0) is 30.5 Å². The molecule has 1 N–H and O–H groups in total. The number of phenolic OH excluding ortho intramolecular Hbond substituents is 1. The molecule has 1 aromatic carbocycles. The van der Waals surface area contributed by atoms with Crippen LogP contribution in [0.5, 0.6) is 5.75 Å². The van der Waals surface area contributed by atoms with Crippen LogP contribution in [0.1, 0.15) is 28.8 Å². The standard InChI is InChI=1S/C10H9ClO2/c11-7-4-5-9(13)10-6(7)2-1-3-8(10)12/h4-5,13H,1-3H2. The molecule has 1 aromatic rings. The van der Waals surface area contributed by atoms with Crippen LogP contribution in [0.2, 0.25) is 5.02 Å². The quantitative estimate of drug-likeness (QED) is 0.693. The second kappa shape index (κ2) is 3.04. The predicted octanol–water partition coefficient (Wildman–Crippen LogP) is 2.56. The maximum Gasteiger partial charge on any atom is 0.166 e. The molecule has 1 aliphatic carbocycles. The summed E-state index contributed by atoms with van der Waals surface area (Å²) in [5.74, 6) is 0.0605. The van der Waals surface area contributed by atoms with E-state index in [4.69, 9.17) is 11.6 Å². The van der Waals surface area contributed by atoms with Gasteiger partial charge in [0.2, 0.25) is 0 Å². The molecule has 0 fully saturated rings. The third-order valence-corrected chi connectivity index (χ3v) is 2.70. The van der Waals surface area contributed by atoms with E-state index in [1.54, 1.807) is 6.07 Å². The summed E-state index contributed by atoms with van der Waals surface area (Å²) in [5, 5.41) is 10.1. The first-order valence-electron chi connectivity index (χ1n) is 4.23. The zero-order valence-corrected chi connectivity index (χ0v) is 7.77. The predicted molar refractivity (Wildman–Crippen MR) is 50.4 cm³/mol. The number of Topliss-reactive ketones (excluding diaryl/α,β-unsaturated/α-hetero) is 1. The molecule has 0 radical (unpaired) electrons. The number of benzene rings is 1. The number of fused-ring (bicyclic) bond motifs is 1. The second-order valence-corrected chi connectivity index (χ2v) is 3.60. The van der Waals surface area contributed by atoms with Crippen molar-refractivity contribution in [3.63, 3.8) is 0 Å². The number of ketones is 1. The zero-order valence-electron chi connectivity index (χ0n) is 7.01. The molecule has 68 valence electrons. The SMILES string of the molecule is O=C1CCCc2c(Cl)ccc(O)c21. The Labute approximate surface area is 81.1 Å². The largest absolute Gasteiger partial charge is 0.507 e. The zero-order chi connectivity index (χ0) is 9.42. The van der Waals surface area contributed by atoms with Crippen molar-refractivity contribution in [2.45, 2.75) is 19.3 Å². The van der Waals surface area contributed by atoms with E-state index in [1.165, 1.54) is 6.07 Å². The van der Waals surface area contributed by atoms with Crippen LogP contribution in [-0.4, -0.2) is 10.9 Å². The molecular weight excluding hydrogens is 188 g/mol. The third-order valence-electron chi connectivity index (χ3n) is 2.34. The lowest BCUT2D eigenvalue weighted by molar-refractivity contribution is 0.0969. The third kappa shape index (κ3) is 1.31. The van der Waals surface area contributed by atoms with E-state index in [0.29, 0.717) is 17.0 Å². The van der Waals surface area contributed by atoms with Gasteiger partial charge in [0.25, 0.3) is 0 Å². The Morgan fingerprint density at radius 1 is 1.31 bits per heavy atom. The average Bonchev–Trinajstić information content (AvgIpc) is 2.12. The van der Waals surface area contributed by atoms with Crippen molar-refractivity contribution in [2.75, 3.05) is 0 Å². The lowest BCUT2D eigenvalue weighted by Gasteiger charge is -2.16. The van der Waals surface area contributed by atoms with Gasteiger partial charge in [0.05, 0.1) is 5.56 Å². The van der Waals surface area contributed by atoms with Gasteiger partial charge in [-0.1, -0.05) is 11.6 Å². The maximum atomic E-state index is 11.4. The van der Waals surface area contributed by atoms with Crippen molar-refractivity contribution in [2.24, 2.45) is 0 Å². The maximum absolute atomic E-state index is 11.4. The first kappa shape index (κ1) is 8.57. The van der Waals surface area contributed by atoms with E-state index < -0.39 is 0 Å².